The van der Waals surface area contributed by atoms with Gasteiger partial charge < -0.3 is 14.4 Å². The number of nitrogens with zero attached hydrogens (tertiary/aromatic N) is 1. The van der Waals surface area contributed by atoms with Crippen molar-refractivity contribution in [3.63, 3.8) is 0 Å². The molecular weight excluding hydrogens is 250 g/mol. The van der Waals surface area contributed by atoms with Gasteiger partial charge in [-0.05, 0) is 28.8 Å². The maximum Gasteiger partial charge on any atom is 0.223 e. The van der Waals surface area contributed by atoms with Crippen molar-refractivity contribution in [2.75, 3.05) is 40.5 Å². The Labute approximate surface area is 113 Å². The van der Waals surface area contributed by atoms with Gasteiger partial charge in [-0.3, -0.25) is 4.79 Å². The van der Waals surface area contributed by atoms with E-state index in [1.54, 1.807) is 30.5 Å². The first-order valence-electron chi connectivity index (χ1n) is 6.04. The van der Waals surface area contributed by atoms with Crippen LogP contribution in [-0.4, -0.2) is 51.3 Å². The first-order chi connectivity index (χ1) is 8.77. The predicted octanol–water partition coefficient (Wildman–Crippen LogP) is 1.80. The van der Waals surface area contributed by atoms with Gasteiger partial charge in [0.2, 0.25) is 5.91 Å². The van der Waals surface area contributed by atoms with Crippen LogP contribution in [0.4, 0.5) is 0 Å². The van der Waals surface area contributed by atoms with Crippen LogP contribution < -0.4 is 0 Å². The van der Waals surface area contributed by atoms with Crippen molar-refractivity contribution < 1.29 is 14.3 Å². The summed E-state index contributed by atoms with van der Waals surface area (Å²) in [5, 5.41) is 4.12. The summed E-state index contributed by atoms with van der Waals surface area (Å²) in [4.78, 5) is 13.9. The second-order valence-electron chi connectivity index (χ2n) is 4.00. The Kier molecular flexibility index (Phi) is 7.64. The molecule has 5 heteroatoms. The molecule has 0 aromatic carbocycles. The zero-order valence-corrected chi connectivity index (χ0v) is 11.9. The Morgan fingerprint density at radius 1 is 1.28 bits per heavy atom. The standard InChI is InChI=1S/C13H21NO3S/c1-16-8-6-14(7-9-17-2)13(15)4-3-12-5-10-18-11-12/h5,10-11H,3-4,6-9H2,1-2H3. The maximum absolute atomic E-state index is 12.1. The average molecular weight is 271 g/mol. The number of hydrogen-bond acceptors (Lipinski definition) is 4. The van der Waals surface area contributed by atoms with Crippen molar-refractivity contribution in [1.29, 1.82) is 0 Å². The molecule has 0 N–H and O–H groups in total. The molecule has 1 heterocycles. The quantitative estimate of drug-likeness (QED) is 0.687. The summed E-state index contributed by atoms with van der Waals surface area (Å²) in [6.07, 6.45) is 1.35. The van der Waals surface area contributed by atoms with Crippen LogP contribution >= 0.6 is 11.3 Å². The molecule has 0 aliphatic carbocycles. The van der Waals surface area contributed by atoms with Crippen LogP contribution in [0.2, 0.25) is 0 Å². The van der Waals surface area contributed by atoms with Crippen LogP contribution in [-0.2, 0) is 20.7 Å². The van der Waals surface area contributed by atoms with E-state index < -0.39 is 0 Å². The number of thiophene rings is 1. The molecule has 0 radical (unpaired) electrons. The summed E-state index contributed by atoms with van der Waals surface area (Å²) in [6.45, 7) is 2.38. The van der Waals surface area contributed by atoms with E-state index in [1.807, 2.05) is 5.38 Å². The molecule has 102 valence electrons. The molecule has 0 fully saturated rings. The van der Waals surface area contributed by atoms with Gasteiger partial charge in [0.25, 0.3) is 0 Å². The largest absolute Gasteiger partial charge is 0.383 e. The highest BCUT2D eigenvalue weighted by Crippen LogP contribution is 2.09. The third kappa shape index (κ3) is 5.62. The lowest BCUT2D eigenvalue weighted by Crippen LogP contribution is -2.36. The van der Waals surface area contributed by atoms with Crippen LogP contribution in [0.15, 0.2) is 16.8 Å². The van der Waals surface area contributed by atoms with Crippen LogP contribution in [0, 0.1) is 0 Å². The molecule has 18 heavy (non-hydrogen) atoms. The van der Waals surface area contributed by atoms with Crippen LogP contribution in [0.5, 0.6) is 0 Å². The summed E-state index contributed by atoms with van der Waals surface area (Å²) in [5.74, 6) is 0.162. The number of hydrogen-bond donors (Lipinski definition) is 0. The molecule has 0 saturated heterocycles. The van der Waals surface area contributed by atoms with Crippen molar-refractivity contribution in [3.05, 3.63) is 22.4 Å². The average Bonchev–Trinajstić information content (AvgIpc) is 2.89. The van der Waals surface area contributed by atoms with Crippen molar-refractivity contribution in [2.45, 2.75) is 12.8 Å². The van der Waals surface area contributed by atoms with Gasteiger partial charge in [-0.25, -0.2) is 0 Å². The van der Waals surface area contributed by atoms with Gasteiger partial charge in [-0.15, -0.1) is 0 Å². The number of amides is 1. The van der Waals surface area contributed by atoms with Gasteiger partial charge >= 0.3 is 0 Å². The highest BCUT2D eigenvalue weighted by molar-refractivity contribution is 7.07. The SMILES string of the molecule is COCCN(CCOC)C(=O)CCc1ccsc1. The summed E-state index contributed by atoms with van der Waals surface area (Å²) in [5.41, 5.74) is 1.23. The van der Waals surface area contributed by atoms with Gasteiger partial charge in [-0.1, -0.05) is 0 Å². The second kappa shape index (κ2) is 9.08. The van der Waals surface area contributed by atoms with E-state index >= 15 is 0 Å². The minimum Gasteiger partial charge on any atom is -0.383 e. The molecule has 1 rings (SSSR count). The predicted molar refractivity (Wildman–Crippen MR) is 73.0 cm³/mol. The van der Waals surface area contributed by atoms with Gasteiger partial charge in [0.15, 0.2) is 0 Å². The van der Waals surface area contributed by atoms with Crippen molar-refractivity contribution in [1.82, 2.24) is 4.90 Å². The normalized spacial score (nSPS) is 10.6. The summed E-state index contributed by atoms with van der Waals surface area (Å²) < 4.78 is 10.0. The Morgan fingerprint density at radius 2 is 1.94 bits per heavy atom. The number of aryl methyl sites for hydroxylation is 1. The first kappa shape index (κ1) is 15.1. The molecule has 4 nitrogen and oxygen atoms in total. The van der Waals surface area contributed by atoms with E-state index in [-0.39, 0.29) is 5.91 Å². The van der Waals surface area contributed by atoms with E-state index in [9.17, 15) is 4.79 Å². The number of rotatable bonds is 9. The number of ether oxygens (including phenoxy) is 2. The molecule has 1 aromatic heterocycles. The molecule has 0 aliphatic rings. The third-order valence-electron chi connectivity index (χ3n) is 2.69. The second-order valence-corrected chi connectivity index (χ2v) is 4.78. The summed E-state index contributed by atoms with van der Waals surface area (Å²) >= 11 is 1.66. The van der Waals surface area contributed by atoms with Crippen LogP contribution in [0.25, 0.3) is 0 Å². The Bertz CT molecular complexity index is 319. The Morgan fingerprint density at radius 3 is 2.44 bits per heavy atom. The lowest BCUT2D eigenvalue weighted by molar-refractivity contribution is -0.132. The lowest BCUT2D eigenvalue weighted by atomic mass is 10.2. The van der Waals surface area contributed by atoms with Gasteiger partial charge in [0.05, 0.1) is 13.2 Å². The molecule has 0 aliphatic heterocycles. The highest BCUT2D eigenvalue weighted by Gasteiger charge is 2.12. The molecular formula is C13H21NO3S. The monoisotopic (exact) mass is 271 g/mol. The highest BCUT2D eigenvalue weighted by atomic mass is 32.1. The Balaban J connectivity index is 2.36. The third-order valence-corrected chi connectivity index (χ3v) is 3.42. The fraction of sp³-hybridized carbons (Fsp3) is 0.615. The maximum atomic E-state index is 12.1. The first-order valence-corrected chi connectivity index (χ1v) is 6.99. The van der Waals surface area contributed by atoms with E-state index in [2.05, 4.69) is 11.4 Å². The molecule has 1 aromatic rings. The molecule has 0 atom stereocenters. The fourth-order valence-electron chi connectivity index (χ4n) is 1.61. The zero-order chi connectivity index (χ0) is 13.2. The van der Waals surface area contributed by atoms with Crippen molar-refractivity contribution in [3.8, 4) is 0 Å². The lowest BCUT2D eigenvalue weighted by Gasteiger charge is -2.22. The fourth-order valence-corrected chi connectivity index (χ4v) is 2.31. The number of carbonyl (C=O) groups excluding carboxylic acids is 1. The summed E-state index contributed by atoms with van der Waals surface area (Å²) in [7, 11) is 3.29. The van der Waals surface area contributed by atoms with E-state index in [4.69, 9.17) is 9.47 Å². The summed E-state index contributed by atoms with van der Waals surface area (Å²) in [6, 6.07) is 2.06. The molecule has 0 bridgehead atoms. The van der Waals surface area contributed by atoms with Gasteiger partial charge in [0.1, 0.15) is 0 Å². The van der Waals surface area contributed by atoms with Crippen molar-refractivity contribution >= 4 is 17.2 Å². The van der Waals surface area contributed by atoms with Crippen LogP contribution in [0.1, 0.15) is 12.0 Å². The number of methoxy groups -OCH3 is 2. The minimum atomic E-state index is 0.162. The van der Waals surface area contributed by atoms with E-state index in [1.165, 1.54) is 5.56 Å². The molecule has 0 unspecified atom stereocenters. The van der Waals surface area contributed by atoms with Gasteiger partial charge in [-0.2, -0.15) is 11.3 Å². The smallest absolute Gasteiger partial charge is 0.223 e. The molecule has 0 spiro atoms. The Hall–Kier alpha value is -0.910. The van der Waals surface area contributed by atoms with E-state index in [0.717, 1.165) is 6.42 Å². The van der Waals surface area contributed by atoms with Gasteiger partial charge in [0, 0.05) is 33.7 Å². The van der Waals surface area contributed by atoms with E-state index in [0.29, 0.717) is 32.7 Å². The molecule has 1 amide bonds. The van der Waals surface area contributed by atoms with Crippen molar-refractivity contribution in [2.24, 2.45) is 0 Å². The van der Waals surface area contributed by atoms with Crippen LogP contribution in [0.3, 0.4) is 0 Å². The number of carbonyl (C=O) groups is 1. The zero-order valence-electron chi connectivity index (χ0n) is 11.1. The molecule has 0 saturated carbocycles. The topological polar surface area (TPSA) is 38.8 Å². The minimum absolute atomic E-state index is 0.162.